The monoisotopic (exact) mass is 116 g/mol. The summed E-state index contributed by atoms with van der Waals surface area (Å²) in [6.45, 7) is 1.20. The molecule has 0 aromatic rings. The maximum absolute atomic E-state index is 5.08. The number of ether oxygens (including phenoxy) is 2. The third-order valence-electron chi connectivity index (χ3n) is 1.37. The van der Waals surface area contributed by atoms with Crippen molar-refractivity contribution in [3.05, 3.63) is 0 Å². The van der Waals surface area contributed by atoms with E-state index in [4.69, 9.17) is 9.47 Å². The van der Waals surface area contributed by atoms with E-state index in [9.17, 15) is 0 Å². The minimum atomic E-state index is -0.0463. The fourth-order valence-corrected chi connectivity index (χ4v) is 0.945. The van der Waals surface area contributed by atoms with E-state index in [-0.39, 0.29) is 12.5 Å². The van der Waals surface area contributed by atoms with Gasteiger partial charge >= 0.3 is 0 Å². The van der Waals surface area contributed by atoms with Crippen LogP contribution in [0.5, 0.6) is 0 Å². The van der Waals surface area contributed by atoms with Gasteiger partial charge in [-0.1, -0.05) is 0 Å². The summed E-state index contributed by atoms with van der Waals surface area (Å²) < 4.78 is 10.2. The first-order valence-corrected chi connectivity index (χ1v) is 2.67. The molecule has 2 saturated heterocycles. The van der Waals surface area contributed by atoms with E-state index in [1.54, 1.807) is 0 Å². The Labute approximate surface area is 47.1 Å². The third-order valence-corrected chi connectivity index (χ3v) is 1.37. The molecule has 0 radical (unpaired) electrons. The van der Waals surface area contributed by atoms with Gasteiger partial charge in [-0.05, 0) is 0 Å². The highest BCUT2D eigenvalue weighted by atomic mass is 16.7. The van der Waals surface area contributed by atoms with Crippen LogP contribution in [0.1, 0.15) is 0 Å². The molecule has 2 N–H and O–H groups in total. The number of fused-ring (bicyclic) bond motifs is 1. The minimum Gasteiger partial charge on any atom is -0.334 e. The normalized spacial score (nSPS) is 45.0. The van der Waals surface area contributed by atoms with Gasteiger partial charge in [-0.2, -0.15) is 0 Å². The Hall–Kier alpha value is -0.160. The minimum absolute atomic E-state index is 0.0463. The van der Waals surface area contributed by atoms with Crippen LogP contribution < -0.4 is 10.6 Å². The van der Waals surface area contributed by atoms with E-state index in [0.29, 0.717) is 13.5 Å². The molecule has 0 unspecified atom stereocenters. The second-order valence-electron chi connectivity index (χ2n) is 1.88. The second-order valence-corrected chi connectivity index (χ2v) is 1.88. The average molecular weight is 116 g/mol. The lowest BCUT2D eigenvalue weighted by Gasteiger charge is -2.02. The van der Waals surface area contributed by atoms with Crippen molar-refractivity contribution < 1.29 is 9.47 Å². The molecule has 4 heteroatoms. The van der Waals surface area contributed by atoms with Crippen LogP contribution in [0.2, 0.25) is 0 Å². The number of hydrogen-bond acceptors (Lipinski definition) is 4. The highest BCUT2D eigenvalue weighted by Gasteiger charge is 2.32. The van der Waals surface area contributed by atoms with Gasteiger partial charge in [-0.3, -0.25) is 10.6 Å². The molecule has 0 aliphatic carbocycles. The SMILES string of the molecule is C1NC2NCOC2O1. The van der Waals surface area contributed by atoms with Crippen LogP contribution in [0.25, 0.3) is 0 Å². The fraction of sp³-hybridized carbons (Fsp3) is 1.00. The molecular formula is C4H8N2O2. The van der Waals surface area contributed by atoms with Gasteiger partial charge in [0.15, 0.2) is 6.29 Å². The Kier molecular flexibility index (Phi) is 0.976. The number of nitrogens with one attached hydrogen (secondary N) is 2. The molecule has 0 aromatic heterocycles. The molecular weight excluding hydrogens is 108 g/mol. The first-order valence-electron chi connectivity index (χ1n) is 2.67. The molecule has 2 rings (SSSR count). The molecule has 0 bridgehead atoms. The average Bonchev–Trinajstić information content (AvgIpc) is 2.15. The second kappa shape index (κ2) is 1.66. The molecule has 0 amide bonds. The quantitative estimate of drug-likeness (QED) is 0.417. The van der Waals surface area contributed by atoms with Gasteiger partial charge < -0.3 is 9.47 Å². The lowest BCUT2D eigenvalue weighted by molar-refractivity contribution is -0.0833. The molecule has 8 heavy (non-hydrogen) atoms. The van der Waals surface area contributed by atoms with Crippen molar-refractivity contribution in [1.82, 2.24) is 10.6 Å². The Morgan fingerprint density at radius 2 is 1.75 bits per heavy atom. The van der Waals surface area contributed by atoms with Crippen molar-refractivity contribution in [1.29, 1.82) is 0 Å². The molecule has 2 heterocycles. The maximum atomic E-state index is 5.08. The first kappa shape index (κ1) is 4.69. The zero-order chi connectivity index (χ0) is 5.40. The summed E-state index contributed by atoms with van der Waals surface area (Å²) in [7, 11) is 0. The molecule has 2 aliphatic heterocycles. The van der Waals surface area contributed by atoms with E-state index in [2.05, 4.69) is 10.6 Å². The van der Waals surface area contributed by atoms with Crippen molar-refractivity contribution >= 4 is 0 Å². The van der Waals surface area contributed by atoms with Crippen LogP contribution in [0.15, 0.2) is 0 Å². The molecule has 4 nitrogen and oxygen atoms in total. The van der Waals surface area contributed by atoms with Crippen molar-refractivity contribution in [2.45, 2.75) is 12.5 Å². The summed E-state index contributed by atoms with van der Waals surface area (Å²) >= 11 is 0. The molecule has 0 spiro atoms. The standard InChI is InChI=1S/C4H8N2O2/c1-5-3-4(7-1)8-2-6-3/h3-6H,1-2H2. The number of rotatable bonds is 0. The van der Waals surface area contributed by atoms with Crippen molar-refractivity contribution in [2.24, 2.45) is 0 Å². The predicted octanol–water partition coefficient (Wildman–Crippen LogP) is -1.21. The summed E-state index contributed by atoms with van der Waals surface area (Å²) in [5, 5.41) is 6.12. The van der Waals surface area contributed by atoms with Crippen LogP contribution in [0, 0.1) is 0 Å². The zero-order valence-electron chi connectivity index (χ0n) is 4.39. The van der Waals surface area contributed by atoms with Crippen LogP contribution in [-0.2, 0) is 9.47 Å². The molecule has 0 aromatic carbocycles. The maximum Gasteiger partial charge on any atom is 0.189 e. The lowest BCUT2D eigenvalue weighted by atomic mass is 10.5. The molecule has 0 atom stereocenters. The van der Waals surface area contributed by atoms with Crippen molar-refractivity contribution in [3.63, 3.8) is 0 Å². The molecule has 2 fully saturated rings. The summed E-state index contributed by atoms with van der Waals surface area (Å²) in [6.07, 6.45) is 0.185. The highest BCUT2D eigenvalue weighted by molar-refractivity contribution is 4.74. The van der Waals surface area contributed by atoms with Crippen LogP contribution in [0.3, 0.4) is 0 Å². The summed E-state index contributed by atoms with van der Waals surface area (Å²) in [4.78, 5) is 0. The van der Waals surface area contributed by atoms with E-state index < -0.39 is 0 Å². The summed E-state index contributed by atoms with van der Waals surface area (Å²) in [6, 6.07) is 0. The van der Waals surface area contributed by atoms with E-state index in [1.165, 1.54) is 0 Å². The first-order chi connectivity index (χ1) is 3.97. The van der Waals surface area contributed by atoms with Gasteiger partial charge in [-0.25, -0.2) is 0 Å². The van der Waals surface area contributed by atoms with Gasteiger partial charge in [0.25, 0.3) is 0 Å². The predicted molar refractivity (Wildman–Crippen MR) is 25.8 cm³/mol. The van der Waals surface area contributed by atoms with E-state index in [1.807, 2.05) is 0 Å². The van der Waals surface area contributed by atoms with Crippen LogP contribution in [0.4, 0.5) is 0 Å². The fourth-order valence-electron chi connectivity index (χ4n) is 0.945. The zero-order valence-corrected chi connectivity index (χ0v) is 4.39. The van der Waals surface area contributed by atoms with Gasteiger partial charge in [0.05, 0.1) is 0 Å². The van der Waals surface area contributed by atoms with E-state index in [0.717, 1.165) is 0 Å². The smallest absolute Gasteiger partial charge is 0.189 e. The molecule has 46 valence electrons. The van der Waals surface area contributed by atoms with Gasteiger partial charge in [-0.15, -0.1) is 0 Å². The molecule has 0 saturated carbocycles. The van der Waals surface area contributed by atoms with Gasteiger partial charge in [0.2, 0.25) is 0 Å². The largest absolute Gasteiger partial charge is 0.334 e. The molecule has 2 aliphatic rings. The lowest BCUT2D eigenvalue weighted by Crippen LogP contribution is -2.36. The Balaban J connectivity index is 2.04. The van der Waals surface area contributed by atoms with E-state index >= 15 is 0 Å². The third kappa shape index (κ3) is 0.545. The van der Waals surface area contributed by atoms with Crippen LogP contribution >= 0.6 is 0 Å². The topological polar surface area (TPSA) is 42.5 Å². The number of hydrogen-bond donors (Lipinski definition) is 2. The highest BCUT2D eigenvalue weighted by Crippen LogP contribution is 2.09. The van der Waals surface area contributed by atoms with Gasteiger partial charge in [0, 0.05) is 0 Å². The van der Waals surface area contributed by atoms with Crippen molar-refractivity contribution in [2.75, 3.05) is 13.5 Å². The summed E-state index contributed by atoms with van der Waals surface area (Å²) in [5.41, 5.74) is 0. The van der Waals surface area contributed by atoms with Crippen molar-refractivity contribution in [3.8, 4) is 0 Å². The Bertz CT molecular complexity index is 78.0. The Morgan fingerprint density at radius 1 is 1.12 bits per heavy atom. The van der Waals surface area contributed by atoms with Crippen LogP contribution in [-0.4, -0.2) is 25.9 Å². The summed E-state index contributed by atoms with van der Waals surface area (Å²) in [5.74, 6) is 0. The van der Waals surface area contributed by atoms with Gasteiger partial charge in [0.1, 0.15) is 19.6 Å². The Morgan fingerprint density at radius 3 is 2.25 bits per heavy atom.